The van der Waals surface area contributed by atoms with Crippen molar-refractivity contribution in [3.63, 3.8) is 0 Å². The SMILES string of the molecule is NC(=NO)c1cnc(N2CCCC2)cn1. The van der Waals surface area contributed by atoms with Crippen LogP contribution in [0.3, 0.4) is 0 Å². The van der Waals surface area contributed by atoms with Crippen molar-refractivity contribution in [2.75, 3.05) is 18.0 Å². The summed E-state index contributed by atoms with van der Waals surface area (Å²) in [6.45, 7) is 2.05. The molecule has 2 rings (SSSR count). The van der Waals surface area contributed by atoms with E-state index in [1.165, 1.54) is 19.0 Å². The first kappa shape index (κ1) is 9.70. The summed E-state index contributed by atoms with van der Waals surface area (Å²) < 4.78 is 0. The van der Waals surface area contributed by atoms with Crippen LogP contribution in [0, 0.1) is 0 Å². The Hall–Kier alpha value is -1.85. The van der Waals surface area contributed by atoms with Crippen LogP contribution in [0.5, 0.6) is 0 Å². The second-order valence-electron chi connectivity index (χ2n) is 3.44. The Morgan fingerprint density at radius 2 is 2.07 bits per heavy atom. The summed E-state index contributed by atoms with van der Waals surface area (Å²) in [7, 11) is 0. The molecule has 1 aliphatic rings. The molecule has 0 bridgehead atoms. The highest BCUT2D eigenvalue weighted by Crippen LogP contribution is 2.15. The highest BCUT2D eigenvalue weighted by molar-refractivity contribution is 5.94. The molecule has 1 fully saturated rings. The van der Waals surface area contributed by atoms with Crippen molar-refractivity contribution in [3.05, 3.63) is 18.1 Å². The van der Waals surface area contributed by atoms with E-state index in [4.69, 9.17) is 10.9 Å². The quantitative estimate of drug-likeness (QED) is 0.312. The van der Waals surface area contributed by atoms with Gasteiger partial charge in [0.1, 0.15) is 11.5 Å². The molecule has 0 aliphatic carbocycles. The van der Waals surface area contributed by atoms with Crippen LogP contribution in [0.4, 0.5) is 5.82 Å². The maximum absolute atomic E-state index is 8.45. The summed E-state index contributed by atoms with van der Waals surface area (Å²) >= 11 is 0. The molecule has 0 unspecified atom stereocenters. The van der Waals surface area contributed by atoms with Gasteiger partial charge < -0.3 is 15.8 Å². The molecule has 0 amide bonds. The van der Waals surface area contributed by atoms with E-state index in [9.17, 15) is 0 Å². The smallest absolute Gasteiger partial charge is 0.190 e. The zero-order valence-electron chi connectivity index (χ0n) is 8.30. The third-order valence-electron chi connectivity index (χ3n) is 2.44. The molecular weight excluding hydrogens is 194 g/mol. The van der Waals surface area contributed by atoms with Crippen LogP contribution in [-0.4, -0.2) is 34.1 Å². The van der Waals surface area contributed by atoms with E-state index < -0.39 is 0 Å². The van der Waals surface area contributed by atoms with Crippen molar-refractivity contribution in [2.45, 2.75) is 12.8 Å². The minimum atomic E-state index is -0.0181. The van der Waals surface area contributed by atoms with Gasteiger partial charge in [-0.2, -0.15) is 0 Å². The number of nitrogens with two attached hydrogens (primary N) is 1. The average Bonchev–Trinajstić information content (AvgIpc) is 2.82. The van der Waals surface area contributed by atoms with Gasteiger partial charge in [0.25, 0.3) is 0 Å². The molecular formula is C9H13N5O. The molecule has 0 saturated carbocycles. The standard InChI is InChI=1S/C9H13N5O/c10-9(13-15)7-5-12-8(6-11-7)14-3-1-2-4-14/h5-6,15H,1-4H2,(H2,10,13). The fraction of sp³-hybridized carbons (Fsp3) is 0.444. The van der Waals surface area contributed by atoms with Gasteiger partial charge in [-0.25, -0.2) is 9.97 Å². The maximum atomic E-state index is 8.45. The van der Waals surface area contributed by atoms with E-state index in [0.717, 1.165) is 18.9 Å². The Kier molecular flexibility index (Phi) is 2.66. The lowest BCUT2D eigenvalue weighted by atomic mass is 10.4. The largest absolute Gasteiger partial charge is 0.409 e. The van der Waals surface area contributed by atoms with E-state index in [1.54, 1.807) is 6.20 Å². The molecule has 0 atom stereocenters. The van der Waals surface area contributed by atoms with Gasteiger partial charge in [-0.1, -0.05) is 5.16 Å². The zero-order valence-corrected chi connectivity index (χ0v) is 8.30. The summed E-state index contributed by atoms with van der Waals surface area (Å²) in [5, 5.41) is 11.3. The number of hydrogen-bond acceptors (Lipinski definition) is 5. The van der Waals surface area contributed by atoms with Crippen LogP contribution in [0.1, 0.15) is 18.5 Å². The van der Waals surface area contributed by atoms with E-state index in [-0.39, 0.29) is 5.84 Å². The maximum Gasteiger partial charge on any atom is 0.190 e. The molecule has 6 heteroatoms. The van der Waals surface area contributed by atoms with Gasteiger partial charge in [0.05, 0.1) is 12.4 Å². The molecule has 0 spiro atoms. The second-order valence-corrected chi connectivity index (χ2v) is 3.44. The highest BCUT2D eigenvalue weighted by Gasteiger charge is 2.13. The Morgan fingerprint density at radius 3 is 2.60 bits per heavy atom. The fourth-order valence-corrected chi connectivity index (χ4v) is 1.61. The molecule has 1 saturated heterocycles. The van der Waals surface area contributed by atoms with Crippen molar-refractivity contribution in [1.82, 2.24) is 9.97 Å². The normalized spacial score (nSPS) is 17.1. The third kappa shape index (κ3) is 1.98. The molecule has 0 radical (unpaired) electrons. The Labute approximate surface area is 87.4 Å². The summed E-state index contributed by atoms with van der Waals surface area (Å²) in [5.74, 6) is 0.831. The molecule has 80 valence electrons. The minimum Gasteiger partial charge on any atom is -0.409 e. The molecule has 3 N–H and O–H groups in total. The molecule has 1 aromatic rings. The lowest BCUT2D eigenvalue weighted by Crippen LogP contribution is -2.21. The Morgan fingerprint density at radius 1 is 1.33 bits per heavy atom. The van der Waals surface area contributed by atoms with Gasteiger partial charge in [0.2, 0.25) is 0 Å². The number of anilines is 1. The van der Waals surface area contributed by atoms with Crippen molar-refractivity contribution in [3.8, 4) is 0 Å². The second kappa shape index (κ2) is 4.12. The van der Waals surface area contributed by atoms with E-state index in [2.05, 4.69) is 20.0 Å². The van der Waals surface area contributed by atoms with Gasteiger partial charge in [0, 0.05) is 13.1 Å². The summed E-state index contributed by atoms with van der Waals surface area (Å²) in [6.07, 6.45) is 5.56. The third-order valence-corrected chi connectivity index (χ3v) is 2.44. The van der Waals surface area contributed by atoms with Gasteiger partial charge in [0.15, 0.2) is 5.84 Å². The van der Waals surface area contributed by atoms with Gasteiger partial charge in [-0.05, 0) is 12.8 Å². The average molecular weight is 207 g/mol. The molecule has 6 nitrogen and oxygen atoms in total. The van der Waals surface area contributed by atoms with Crippen LogP contribution in [-0.2, 0) is 0 Å². The van der Waals surface area contributed by atoms with Crippen LogP contribution in [0.25, 0.3) is 0 Å². The number of amidine groups is 1. The number of hydrogen-bond donors (Lipinski definition) is 2. The lowest BCUT2D eigenvalue weighted by Gasteiger charge is -2.15. The Balaban J connectivity index is 2.16. The molecule has 1 aromatic heterocycles. The number of rotatable bonds is 2. The first-order valence-corrected chi connectivity index (χ1v) is 4.86. The monoisotopic (exact) mass is 207 g/mol. The predicted octanol–water partition coefficient (Wildman–Crippen LogP) is 0.171. The summed E-state index contributed by atoms with van der Waals surface area (Å²) in [4.78, 5) is 10.5. The molecule has 15 heavy (non-hydrogen) atoms. The lowest BCUT2D eigenvalue weighted by molar-refractivity contribution is 0.318. The predicted molar refractivity (Wildman–Crippen MR) is 56.0 cm³/mol. The molecule has 0 aromatic carbocycles. The zero-order chi connectivity index (χ0) is 10.7. The molecule has 1 aliphatic heterocycles. The van der Waals surface area contributed by atoms with Crippen LogP contribution in [0.15, 0.2) is 17.5 Å². The first-order valence-electron chi connectivity index (χ1n) is 4.86. The van der Waals surface area contributed by atoms with Crippen molar-refractivity contribution < 1.29 is 5.21 Å². The van der Waals surface area contributed by atoms with Gasteiger partial charge >= 0.3 is 0 Å². The van der Waals surface area contributed by atoms with Crippen LogP contribution < -0.4 is 10.6 Å². The fourth-order valence-electron chi connectivity index (χ4n) is 1.61. The van der Waals surface area contributed by atoms with E-state index >= 15 is 0 Å². The minimum absolute atomic E-state index is 0.0181. The summed E-state index contributed by atoms with van der Waals surface area (Å²) in [5.41, 5.74) is 5.77. The topological polar surface area (TPSA) is 87.6 Å². The van der Waals surface area contributed by atoms with Crippen molar-refractivity contribution in [2.24, 2.45) is 10.9 Å². The Bertz CT molecular complexity index is 355. The van der Waals surface area contributed by atoms with E-state index in [1.807, 2.05) is 0 Å². The van der Waals surface area contributed by atoms with Gasteiger partial charge in [-0.3, -0.25) is 0 Å². The van der Waals surface area contributed by atoms with Gasteiger partial charge in [-0.15, -0.1) is 0 Å². The molecule has 2 heterocycles. The van der Waals surface area contributed by atoms with Crippen molar-refractivity contribution >= 4 is 11.7 Å². The van der Waals surface area contributed by atoms with E-state index in [0.29, 0.717) is 5.69 Å². The van der Waals surface area contributed by atoms with Crippen LogP contribution >= 0.6 is 0 Å². The first-order chi connectivity index (χ1) is 7.31. The summed E-state index contributed by atoms with van der Waals surface area (Å²) in [6, 6.07) is 0. The van der Waals surface area contributed by atoms with Crippen molar-refractivity contribution in [1.29, 1.82) is 0 Å². The number of nitrogens with zero attached hydrogens (tertiary/aromatic N) is 4. The van der Waals surface area contributed by atoms with Crippen LogP contribution in [0.2, 0.25) is 0 Å². The number of aromatic nitrogens is 2. The number of oxime groups is 1. The highest BCUT2D eigenvalue weighted by atomic mass is 16.4.